The fourth-order valence-electron chi connectivity index (χ4n) is 1.97. The number of nitrogens with two attached hydrogens (primary N) is 1. The highest BCUT2D eigenvalue weighted by Crippen LogP contribution is 2.08. The number of hydrogen-bond donors (Lipinski definition) is 1. The van der Waals surface area contributed by atoms with Crippen LogP contribution < -0.4 is 5.73 Å². The molecule has 1 atom stereocenters. The Balaban J connectivity index is 2.37. The Bertz CT molecular complexity index is 274. The van der Waals surface area contributed by atoms with Gasteiger partial charge in [0.05, 0.1) is 5.69 Å². The maximum absolute atomic E-state index is 5.76. The lowest BCUT2D eigenvalue weighted by atomic mass is 10.0. The minimum atomic E-state index is 0.610. The van der Waals surface area contributed by atoms with Gasteiger partial charge in [-0.3, -0.25) is 4.98 Å². The lowest BCUT2D eigenvalue weighted by Gasteiger charge is -2.22. The molecule has 0 aliphatic rings. The summed E-state index contributed by atoms with van der Waals surface area (Å²) in [4.78, 5) is 6.63. The average Bonchev–Trinajstić information content (AvgIpc) is 2.29. The molecule has 0 radical (unpaired) electrons. The van der Waals surface area contributed by atoms with Crippen molar-refractivity contribution >= 4 is 0 Å². The van der Waals surface area contributed by atoms with Crippen molar-refractivity contribution in [3.8, 4) is 0 Å². The van der Waals surface area contributed by atoms with E-state index in [0.29, 0.717) is 5.92 Å². The fourth-order valence-corrected chi connectivity index (χ4v) is 1.97. The molecule has 0 saturated heterocycles. The molecule has 1 aromatic heterocycles. The molecule has 1 rings (SSSR count). The first-order chi connectivity index (χ1) is 7.76. The van der Waals surface area contributed by atoms with Crippen LogP contribution in [0.3, 0.4) is 0 Å². The van der Waals surface area contributed by atoms with E-state index in [-0.39, 0.29) is 0 Å². The maximum atomic E-state index is 5.76. The first kappa shape index (κ1) is 13.1. The minimum Gasteiger partial charge on any atom is -0.330 e. The summed E-state index contributed by atoms with van der Waals surface area (Å²) >= 11 is 0. The predicted octanol–water partition coefficient (Wildman–Crippen LogP) is 1.89. The molecule has 3 heteroatoms. The van der Waals surface area contributed by atoms with Gasteiger partial charge in [-0.2, -0.15) is 0 Å². The molecule has 1 unspecified atom stereocenters. The summed E-state index contributed by atoms with van der Waals surface area (Å²) in [5.74, 6) is 0.610. The Hall–Kier alpha value is -0.930. The van der Waals surface area contributed by atoms with E-state index in [1.807, 2.05) is 18.3 Å². The fraction of sp³-hybridized carbons (Fsp3) is 0.615. The lowest BCUT2D eigenvalue weighted by Crippen LogP contribution is -2.30. The Labute approximate surface area is 98.7 Å². The standard InChI is InChI=1S/C13H23N3/c1-3-6-12(9-14)10-16(2)11-13-7-4-5-8-15-13/h4-5,7-8,12H,3,6,9-11,14H2,1-2H3. The Morgan fingerprint density at radius 2 is 2.25 bits per heavy atom. The van der Waals surface area contributed by atoms with Crippen LogP contribution in [-0.4, -0.2) is 30.0 Å². The Morgan fingerprint density at radius 1 is 1.44 bits per heavy atom. The van der Waals surface area contributed by atoms with Crippen LogP contribution >= 0.6 is 0 Å². The summed E-state index contributed by atoms with van der Waals surface area (Å²) in [7, 11) is 2.13. The summed E-state index contributed by atoms with van der Waals surface area (Å²) in [5.41, 5.74) is 6.88. The van der Waals surface area contributed by atoms with Crippen LogP contribution in [-0.2, 0) is 6.54 Å². The van der Waals surface area contributed by atoms with E-state index < -0.39 is 0 Å². The van der Waals surface area contributed by atoms with Crippen molar-refractivity contribution in [2.45, 2.75) is 26.3 Å². The first-order valence-corrected chi connectivity index (χ1v) is 6.04. The van der Waals surface area contributed by atoms with E-state index in [0.717, 1.165) is 25.3 Å². The van der Waals surface area contributed by atoms with Gasteiger partial charge in [-0.1, -0.05) is 19.4 Å². The van der Waals surface area contributed by atoms with Crippen molar-refractivity contribution in [2.24, 2.45) is 11.7 Å². The normalized spacial score (nSPS) is 13.0. The summed E-state index contributed by atoms with van der Waals surface area (Å²) in [6, 6.07) is 6.04. The number of pyridine rings is 1. The zero-order valence-electron chi connectivity index (χ0n) is 10.4. The molecule has 0 bridgehead atoms. The van der Waals surface area contributed by atoms with Crippen molar-refractivity contribution in [1.29, 1.82) is 0 Å². The summed E-state index contributed by atoms with van der Waals surface area (Å²) in [5, 5.41) is 0. The highest BCUT2D eigenvalue weighted by Gasteiger charge is 2.09. The predicted molar refractivity (Wildman–Crippen MR) is 68.0 cm³/mol. The van der Waals surface area contributed by atoms with E-state index in [4.69, 9.17) is 5.73 Å². The van der Waals surface area contributed by atoms with Crippen molar-refractivity contribution in [1.82, 2.24) is 9.88 Å². The van der Waals surface area contributed by atoms with Gasteiger partial charge in [-0.05, 0) is 38.1 Å². The molecule has 2 N–H and O–H groups in total. The molecule has 0 fully saturated rings. The van der Waals surface area contributed by atoms with Crippen LogP contribution in [0.15, 0.2) is 24.4 Å². The second-order valence-corrected chi connectivity index (χ2v) is 4.41. The van der Waals surface area contributed by atoms with Crippen LogP contribution in [0.4, 0.5) is 0 Å². The van der Waals surface area contributed by atoms with Crippen molar-refractivity contribution in [3.05, 3.63) is 30.1 Å². The van der Waals surface area contributed by atoms with Gasteiger partial charge in [-0.25, -0.2) is 0 Å². The van der Waals surface area contributed by atoms with E-state index in [9.17, 15) is 0 Å². The van der Waals surface area contributed by atoms with Crippen LogP contribution in [0.2, 0.25) is 0 Å². The molecule has 90 valence electrons. The third-order valence-corrected chi connectivity index (χ3v) is 2.76. The van der Waals surface area contributed by atoms with E-state index >= 15 is 0 Å². The monoisotopic (exact) mass is 221 g/mol. The zero-order valence-corrected chi connectivity index (χ0v) is 10.4. The van der Waals surface area contributed by atoms with Gasteiger partial charge in [0.25, 0.3) is 0 Å². The van der Waals surface area contributed by atoms with Crippen molar-refractivity contribution < 1.29 is 0 Å². The van der Waals surface area contributed by atoms with E-state index in [2.05, 4.69) is 29.9 Å². The lowest BCUT2D eigenvalue weighted by molar-refractivity contribution is 0.260. The highest BCUT2D eigenvalue weighted by molar-refractivity contribution is 5.03. The number of hydrogen-bond acceptors (Lipinski definition) is 3. The van der Waals surface area contributed by atoms with Gasteiger partial charge in [0.15, 0.2) is 0 Å². The molecule has 16 heavy (non-hydrogen) atoms. The second kappa shape index (κ2) is 7.36. The third kappa shape index (κ3) is 4.73. The topological polar surface area (TPSA) is 42.1 Å². The molecule has 0 aliphatic heterocycles. The SMILES string of the molecule is CCCC(CN)CN(C)Cc1ccccn1. The largest absolute Gasteiger partial charge is 0.330 e. The Morgan fingerprint density at radius 3 is 2.81 bits per heavy atom. The smallest absolute Gasteiger partial charge is 0.0543 e. The Kier molecular flexibility index (Phi) is 6.04. The van der Waals surface area contributed by atoms with E-state index in [1.165, 1.54) is 12.8 Å². The van der Waals surface area contributed by atoms with Crippen LogP contribution in [0.25, 0.3) is 0 Å². The molecule has 1 heterocycles. The van der Waals surface area contributed by atoms with Crippen LogP contribution in [0.5, 0.6) is 0 Å². The third-order valence-electron chi connectivity index (χ3n) is 2.76. The molecular formula is C13H23N3. The van der Waals surface area contributed by atoms with Crippen LogP contribution in [0.1, 0.15) is 25.5 Å². The van der Waals surface area contributed by atoms with Gasteiger partial charge in [0, 0.05) is 19.3 Å². The number of rotatable bonds is 7. The van der Waals surface area contributed by atoms with Crippen molar-refractivity contribution in [3.63, 3.8) is 0 Å². The molecule has 0 aliphatic carbocycles. The molecule has 0 saturated carbocycles. The summed E-state index contributed by atoms with van der Waals surface area (Å²) in [6.07, 6.45) is 4.26. The van der Waals surface area contributed by atoms with Gasteiger partial charge in [0.1, 0.15) is 0 Å². The van der Waals surface area contributed by atoms with Gasteiger partial charge >= 0.3 is 0 Å². The minimum absolute atomic E-state index is 0.610. The molecule has 1 aromatic rings. The molecule has 3 nitrogen and oxygen atoms in total. The zero-order chi connectivity index (χ0) is 11.8. The summed E-state index contributed by atoms with van der Waals surface area (Å²) in [6.45, 7) is 4.95. The van der Waals surface area contributed by atoms with Gasteiger partial charge in [0.2, 0.25) is 0 Å². The van der Waals surface area contributed by atoms with Gasteiger partial charge in [-0.15, -0.1) is 0 Å². The average molecular weight is 221 g/mol. The highest BCUT2D eigenvalue weighted by atomic mass is 15.1. The number of aromatic nitrogens is 1. The maximum Gasteiger partial charge on any atom is 0.0543 e. The van der Waals surface area contributed by atoms with Gasteiger partial charge < -0.3 is 10.6 Å². The number of nitrogens with zero attached hydrogens (tertiary/aromatic N) is 2. The molecule has 0 aromatic carbocycles. The quantitative estimate of drug-likeness (QED) is 0.764. The summed E-state index contributed by atoms with van der Waals surface area (Å²) < 4.78 is 0. The van der Waals surface area contributed by atoms with E-state index in [1.54, 1.807) is 0 Å². The first-order valence-electron chi connectivity index (χ1n) is 6.04. The molecule has 0 amide bonds. The second-order valence-electron chi connectivity index (χ2n) is 4.41. The van der Waals surface area contributed by atoms with Crippen molar-refractivity contribution in [2.75, 3.05) is 20.1 Å². The van der Waals surface area contributed by atoms with Crippen LogP contribution in [0, 0.1) is 5.92 Å². The molecular weight excluding hydrogens is 198 g/mol. The molecule has 0 spiro atoms.